The highest BCUT2D eigenvalue weighted by Crippen LogP contribution is 2.19. The summed E-state index contributed by atoms with van der Waals surface area (Å²) >= 11 is 1.69. The van der Waals surface area contributed by atoms with Crippen molar-refractivity contribution in [2.45, 2.75) is 31.7 Å². The summed E-state index contributed by atoms with van der Waals surface area (Å²) in [4.78, 5) is 15.0. The van der Waals surface area contributed by atoms with Gasteiger partial charge in [-0.15, -0.1) is 11.3 Å². The molecule has 1 fully saturated rings. The highest BCUT2D eigenvalue weighted by atomic mass is 32.1. The number of hydrogen-bond acceptors (Lipinski definition) is 3. The Kier molecular flexibility index (Phi) is 3.96. The van der Waals surface area contributed by atoms with Gasteiger partial charge >= 0.3 is 0 Å². The zero-order chi connectivity index (χ0) is 11.4. The van der Waals surface area contributed by atoms with Crippen molar-refractivity contribution in [3.05, 3.63) is 22.4 Å². The summed E-state index contributed by atoms with van der Waals surface area (Å²) in [6.07, 6.45) is 3.36. The first-order chi connectivity index (χ1) is 7.81. The van der Waals surface area contributed by atoms with Crippen LogP contribution in [0, 0.1) is 0 Å². The van der Waals surface area contributed by atoms with Gasteiger partial charge in [0.15, 0.2) is 0 Å². The molecular formula is C12H17NO2S. The number of rotatable bonds is 4. The van der Waals surface area contributed by atoms with Crippen molar-refractivity contribution in [2.24, 2.45) is 0 Å². The number of hydrogen-bond donors (Lipinski definition) is 1. The number of likely N-dealkylation sites (tertiary alicyclic amines) is 1. The Balaban J connectivity index is 1.83. The highest BCUT2D eigenvalue weighted by molar-refractivity contribution is 7.09. The van der Waals surface area contributed by atoms with E-state index in [2.05, 4.69) is 6.07 Å². The van der Waals surface area contributed by atoms with Crippen LogP contribution in [0.4, 0.5) is 0 Å². The van der Waals surface area contributed by atoms with Crippen molar-refractivity contribution in [3.63, 3.8) is 0 Å². The summed E-state index contributed by atoms with van der Waals surface area (Å²) in [7, 11) is 0. The predicted molar refractivity (Wildman–Crippen MR) is 64.5 cm³/mol. The van der Waals surface area contributed by atoms with Gasteiger partial charge in [-0.25, -0.2) is 0 Å². The Morgan fingerprint density at radius 2 is 2.50 bits per heavy atom. The zero-order valence-electron chi connectivity index (χ0n) is 9.26. The lowest BCUT2D eigenvalue weighted by molar-refractivity contribution is -0.132. The number of aryl methyl sites for hydroxylation is 1. The molecule has 0 saturated carbocycles. The van der Waals surface area contributed by atoms with E-state index >= 15 is 0 Å². The maximum atomic E-state index is 11.9. The lowest BCUT2D eigenvalue weighted by Gasteiger charge is -2.22. The van der Waals surface area contributed by atoms with Gasteiger partial charge in [-0.1, -0.05) is 6.07 Å². The van der Waals surface area contributed by atoms with Gasteiger partial charge in [0.05, 0.1) is 12.6 Å². The van der Waals surface area contributed by atoms with Crippen LogP contribution >= 0.6 is 11.3 Å². The maximum Gasteiger partial charge on any atom is 0.223 e. The zero-order valence-corrected chi connectivity index (χ0v) is 10.1. The van der Waals surface area contributed by atoms with Gasteiger partial charge in [-0.05, 0) is 30.7 Å². The van der Waals surface area contributed by atoms with Crippen LogP contribution in [-0.4, -0.2) is 35.1 Å². The Bertz CT molecular complexity index is 337. The topological polar surface area (TPSA) is 40.5 Å². The molecule has 1 N–H and O–H groups in total. The van der Waals surface area contributed by atoms with Gasteiger partial charge < -0.3 is 10.0 Å². The summed E-state index contributed by atoms with van der Waals surface area (Å²) in [5.41, 5.74) is 0. The molecule has 1 atom stereocenters. The van der Waals surface area contributed by atoms with Crippen LogP contribution in [0.15, 0.2) is 17.5 Å². The Labute approximate surface area is 99.7 Å². The summed E-state index contributed by atoms with van der Waals surface area (Å²) < 4.78 is 0. The molecule has 2 heterocycles. The van der Waals surface area contributed by atoms with Crippen molar-refractivity contribution in [2.75, 3.05) is 13.2 Å². The number of nitrogens with zero attached hydrogens (tertiary/aromatic N) is 1. The van der Waals surface area contributed by atoms with Crippen molar-refractivity contribution in [1.29, 1.82) is 0 Å². The highest BCUT2D eigenvalue weighted by Gasteiger charge is 2.27. The van der Waals surface area contributed by atoms with E-state index in [1.807, 2.05) is 16.3 Å². The minimum atomic E-state index is 0.0656. The quantitative estimate of drug-likeness (QED) is 0.868. The smallest absolute Gasteiger partial charge is 0.223 e. The molecular weight excluding hydrogens is 222 g/mol. The van der Waals surface area contributed by atoms with Crippen LogP contribution in [-0.2, 0) is 11.2 Å². The summed E-state index contributed by atoms with van der Waals surface area (Å²) in [6, 6.07) is 4.14. The third-order valence-electron chi connectivity index (χ3n) is 3.07. The molecule has 0 bridgehead atoms. The van der Waals surface area contributed by atoms with Crippen LogP contribution in [0.3, 0.4) is 0 Å². The number of carbonyl (C=O) groups is 1. The summed E-state index contributed by atoms with van der Waals surface area (Å²) in [5.74, 6) is 0.185. The van der Waals surface area contributed by atoms with E-state index in [0.29, 0.717) is 6.42 Å². The summed E-state index contributed by atoms with van der Waals surface area (Å²) in [5, 5.41) is 11.2. The second kappa shape index (κ2) is 5.46. The number of aliphatic hydroxyl groups excluding tert-OH is 1. The third kappa shape index (κ3) is 2.62. The van der Waals surface area contributed by atoms with Crippen LogP contribution in [0.2, 0.25) is 0 Å². The fourth-order valence-corrected chi connectivity index (χ4v) is 2.89. The molecule has 1 unspecified atom stereocenters. The minimum Gasteiger partial charge on any atom is -0.394 e. The molecule has 4 heteroatoms. The molecule has 1 aromatic rings. The third-order valence-corrected chi connectivity index (χ3v) is 4.01. The van der Waals surface area contributed by atoms with Crippen LogP contribution in [0.25, 0.3) is 0 Å². The van der Waals surface area contributed by atoms with Gasteiger partial charge in [0.1, 0.15) is 0 Å². The average molecular weight is 239 g/mol. The van der Waals surface area contributed by atoms with Crippen LogP contribution in [0.5, 0.6) is 0 Å². The van der Waals surface area contributed by atoms with Gasteiger partial charge in [0.25, 0.3) is 0 Å². The first kappa shape index (κ1) is 11.6. The Morgan fingerprint density at radius 3 is 3.19 bits per heavy atom. The molecule has 0 spiro atoms. The first-order valence-electron chi connectivity index (χ1n) is 5.74. The molecule has 88 valence electrons. The first-order valence-corrected chi connectivity index (χ1v) is 6.62. The van der Waals surface area contributed by atoms with E-state index in [1.54, 1.807) is 11.3 Å². The second-order valence-corrected chi connectivity index (χ2v) is 5.18. The molecule has 16 heavy (non-hydrogen) atoms. The van der Waals surface area contributed by atoms with Gasteiger partial charge in [-0.3, -0.25) is 4.79 Å². The standard InChI is InChI=1S/C12H17NO2S/c14-9-10-3-1-7-13(10)12(15)6-5-11-4-2-8-16-11/h2,4,8,10,14H,1,3,5-7,9H2. The maximum absolute atomic E-state index is 11.9. The fourth-order valence-electron chi connectivity index (χ4n) is 2.18. The molecule has 2 rings (SSSR count). The summed E-state index contributed by atoms with van der Waals surface area (Å²) in [6.45, 7) is 0.916. The number of aliphatic hydroxyl groups is 1. The van der Waals surface area contributed by atoms with E-state index in [9.17, 15) is 4.79 Å². The van der Waals surface area contributed by atoms with Crippen LogP contribution in [0.1, 0.15) is 24.1 Å². The molecule has 0 aliphatic carbocycles. The van der Waals surface area contributed by atoms with Crippen molar-refractivity contribution >= 4 is 17.2 Å². The molecule has 0 aromatic carbocycles. The van der Waals surface area contributed by atoms with E-state index in [4.69, 9.17) is 5.11 Å². The van der Waals surface area contributed by atoms with E-state index < -0.39 is 0 Å². The van der Waals surface area contributed by atoms with Crippen molar-refractivity contribution < 1.29 is 9.90 Å². The lowest BCUT2D eigenvalue weighted by atomic mass is 10.2. The van der Waals surface area contributed by atoms with Crippen LogP contribution < -0.4 is 0 Å². The van der Waals surface area contributed by atoms with Crippen molar-refractivity contribution in [1.82, 2.24) is 4.90 Å². The molecule has 1 aliphatic rings. The lowest BCUT2D eigenvalue weighted by Crippen LogP contribution is -2.37. The number of thiophene rings is 1. The second-order valence-electron chi connectivity index (χ2n) is 4.15. The molecule has 3 nitrogen and oxygen atoms in total. The Hall–Kier alpha value is -0.870. The normalized spacial score (nSPS) is 20.3. The van der Waals surface area contributed by atoms with Crippen molar-refractivity contribution in [3.8, 4) is 0 Å². The minimum absolute atomic E-state index is 0.0656. The SMILES string of the molecule is O=C(CCc1cccs1)N1CCCC1CO. The number of carbonyl (C=O) groups excluding carboxylic acids is 1. The van der Waals surface area contributed by atoms with Gasteiger partial charge in [0, 0.05) is 17.8 Å². The molecule has 0 radical (unpaired) electrons. The van der Waals surface area contributed by atoms with E-state index in [1.165, 1.54) is 4.88 Å². The fraction of sp³-hybridized carbons (Fsp3) is 0.583. The molecule has 1 amide bonds. The average Bonchev–Trinajstić information content (AvgIpc) is 2.96. The van der Waals surface area contributed by atoms with E-state index in [-0.39, 0.29) is 18.6 Å². The Morgan fingerprint density at radius 1 is 1.62 bits per heavy atom. The molecule has 1 saturated heterocycles. The monoisotopic (exact) mass is 239 g/mol. The predicted octanol–water partition coefficient (Wildman–Crippen LogP) is 1.66. The van der Waals surface area contributed by atoms with Gasteiger partial charge in [-0.2, -0.15) is 0 Å². The molecule has 1 aromatic heterocycles. The van der Waals surface area contributed by atoms with E-state index in [0.717, 1.165) is 25.8 Å². The van der Waals surface area contributed by atoms with Gasteiger partial charge in [0.2, 0.25) is 5.91 Å². The molecule has 1 aliphatic heterocycles. The largest absolute Gasteiger partial charge is 0.394 e. The number of amides is 1.